The summed E-state index contributed by atoms with van der Waals surface area (Å²) in [6, 6.07) is 11.8. The Labute approximate surface area is 162 Å². The molecule has 0 N–H and O–H groups in total. The second kappa shape index (κ2) is 9.38. The van der Waals surface area contributed by atoms with Crippen LogP contribution in [0.25, 0.3) is 0 Å². The summed E-state index contributed by atoms with van der Waals surface area (Å²) in [5.74, 6) is 3.73. The van der Waals surface area contributed by atoms with Crippen molar-refractivity contribution in [3.8, 4) is 0 Å². The maximum absolute atomic E-state index is 3.14. The summed E-state index contributed by atoms with van der Waals surface area (Å²) in [5, 5.41) is 0. The predicted molar refractivity (Wildman–Crippen MR) is 90.2 cm³/mol. The molecule has 0 bridgehead atoms. The van der Waals surface area contributed by atoms with Crippen LogP contribution in [0, 0.1) is 23.8 Å². The Balaban J connectivity index is 0.00000176. The van der Waals surface area contributed by atoms with E-state index >= 15 is 0 Å². The van der Waals surface area contributed by atoms with Crippen LogP contribution < -0.4 is 0 Å². The predicted octanol–water partition coefficient (Wildman–Crippen LogP) is 6.14. The van der Waals surface area contributed by atoms with Gasteiger partial charge in [0.2, 0.25) is 0 Å². The molecule has 2 fully saturated rings. The number of hydrogen-bond acceptors (Lipinski definition) is 0. The third-order valence-corrected chi connectivity index (χ3v) is 5.94. The van der Waals surface area contributed by atoms with Gasteiger partial charge in [-0.05, 0) is 82.0 Å². The van der Waals surface area contributed by atoms with Crippen molar-refractivity contribution in [3.05, 3.63) is 48.0 Å². The first-order valence-electron chi connectivity index (χ1n) is 8.95. The van der Waals surface area contributed by atoms with Crippen molar-refractivity contribution in [2.24, 2.45) is 17.8 Å². The molecule has 1 aromatic carbocycles. The molecule has 0 saturated heterocycles. The Kier molecular flexibility index (Phi) is 7.85. The van der Waals surface area contributed by atoms with Crippen LogP contribution in [0.15, 0.2) is 36.4 Å². The van der Waals surface area contributed by atoms with E-state index in [9.17, 15) is 0 Å². The van der Waals surface area contributed by atoms with E-state index in [0.717, 1.165) is 23.7 Å². The number of hydrogen-bond donors (Lipinski definition) is 0. The van der Waals surface area contributed by atoms with Crippen LogP contribution >= 0.6 is 0 Å². The van der Waals surface area contributed by atoms with Gasteiger partial charge >= 0.3 is 0 Å². The quantitative estimate of drug-likeness (QED) is 0.443. The SMILES string of the molecule is C/C=C/C1CCC(C2CCC(c3cc[c-]cc3)CC2)CC1.[Y]. The van der Waals surface area contributed by atoms with Gasteiger partial charge in [0.25, 0.3) is 0 Å². The van der Waals surface area contributed by atoms with Crippen molar-refractivity contribution in [2.75, 3.05) is 0 Å². The topological polar surface area (TPSA) is 0 Å². The van der Waals surface area contributed by atoms with E-state index in [4.69, 9.17) is 0 Å². The molecule has 22 heavy (non-hydrogen) atoms. The van der Waals surface area contributed by atoms with Crippen molar-refractivity contribution in [1.29, 1.82) is 0 Å². The third-order valence-electron chi connectivity index (χ3n) is 5.94. The molecule has 0 heterocycles. The number of benzene rings is 1. The fraction of sp³-hybridized carbons (Fsp3) is 0.619. The molecule has 0 unspecified atom stereocenters. The Bertz CT molecular complexity index is 434. The van der Waals surface area contributed by atoms with Crippen LogP contribution in [0.1, 0.15) is 69.8 Å². The average Bonchev–Trinajstić information content (AvgIpc) is 2.57. The monoisotopic (exact) mass is 370 g/mol. The van der Waals surface area contributed by atoms with Crippen LogP contribution in [-0.2, 0) is 32.7 Å². The summed E-state index contributed by atoms with van der Waals surface area (Å²) in [4.78, 5) is 0. The van der Waals surface area contributed by atoms with E-state index in [2.05, 4.69) is 49.4 Å². The van der Waals surface area contributed by atoms with Gasteiger partial charge in [0.15, 0.2) is 0 Å². The van der Waals surface area contributed by atoms with Crippen LogP contribution in [0.2, 0.25) is 0 Å². The van der Waals surface area contributed by atoms with Gasteiger partial charge in [-0.15, -0.1) is 0 Å². The molecule has 0 aliphatic heterocycles. The number of allylic oxidation sites excluding steroid dienone is 2. The molecule has 2 aliphatic rings. The fourth-order valence-electron chi connectivity index (χ4n) is 4.68. The first kappa shape index (κ1) is 18.4. The Morgan fingerprint density at radius 3 is 1.95 bits per heavy atom. The molecule has 0 atom stereocenters. The van der Waals surface area contributed by atoms with Gasteiger partial charge in [-0.2, -0.15) is 35.9 Å². The van der Waals surface area contributed by atoms with E-state index < -0.39 is 0 Å². The summed E-state index contributed by atoms with van der Waals surface area (Å²) in [7, 11) is 0. The van der Waals surface area contributed by atoms with Gasteiger partial charge in [-0.3, -0.25) is 0 Å². The van der Waals surface area contributed by atoms with Crippen molar-refractivity contribution < 1.29 is 32.7 Å². The average molecular weight is 370 g/mol. The molecule has 0 spiro atoms. The zero-order valence-corrected chi connectivity index (χ0v) is 16.8. The summed E-state index contributed by atoms with van der Waals surface area (Å²) in [6.07, 6.45) is 16.2. The minimum absolute atomic E-state index is 0. The van der Waals surface area contributed by atoms with Crippen LogP contribution in [-0.4, -0.2) is 0 Å². The van der Waals surface area contributed by atoms with E-state index in [0.29, 0.717) is 0 Å². The van der Waals surface area contributed by atoms with Crippen molar-refractivity contribution >= 4 is 0 Å². The maximum Gasteiger partial charge on any atom is 0 e. The Hall–Kier alpha value is 0.0639. The second-order valence-electron chi connectivity index (χ2n) is 7.15. The maximum atomic E-state index is 3.14. The van der Waals surface area contributed by atoms with Crippen LogP contribution in [0.3, 0.4) is 0 Å². The zero-order valence-electron chi connectivity index (χ0n) is 14.0. The number of rotatable bonds is 3. The van der Waals surface area contributed by atoms with Gasteiger partial charge in [0.05, 0.1) is 0 Å². The molecular formula is C21H29Y-. The summed E-state index contributed by atoms with van der Waals surface area (Å²) in [6.45, 7) is 2.16. The molecule has 1 aromatic rings. The Morgan fingerprint density at radius 1 is 0.864 bits per heavy atom. The van der Waals surface area contributed by atoms with Gasteiger partial charge in [0.1, 0.15) is 0 Å². The van der Waals surface area contributed by atoms with Gasteiger partial charge < -0.3 is 0 Å². The van der Waals surface area contributed by atoms with E-state index in [1.54, 1.807) is 5.56 Å². The van der Waals surface area contributed by atoms with Crippen LogP contribution in [0.4, 0.5) is 0 Å². The summed E-state index contributed by atoms with van der Waals surface area (Å²) in [5.41, 5.74) is 1.55. The molecule has 0 nitrogen and oxygen atoms in total. The largest absolute Gasteiger partial charge is 0.184 e. The molecule has 117 valence electrons. The van der Waals surface area contributed by atoms with Crippen molar-refractivity contribution in [3.63, 3.8) is 0 Å². The molecule has 1 radical (unpaired) electrons. The van der Waals surface area contributed by atoms with Crippen LogP contribution in [0.5, 0.6) is 0 Å². The minimum Gasteiger partial charge on any atom is -0.184 e. The second-order valence-corrected chi connectivity index (χ2v) is 7.15. The Morgan fingerprint density at radius 2 is 1.41 bits per heavy atom. The first-order valence-corrected chi connectivity index (χ1v) is 8.95. The van der Waals surface area contributed by atoms with E-state index in [1.165, 1.54) is 51.4 Å². The molecular weight excluding hydrogens is 341 g/mol. The van der Waals surface area contributed by atoms with Gasteiger partial charge in [-0.1, -0.05) is 12.2 Å². The molecule has 2 saturated carbocycles. The molecule has 0 amide bonds. The van der Waals surface area contributed by atoms with E-state index in [1.807, 2.05) is 0 Å². The smallest absolute Gasteiger partial charge is 0 e. The first-order chi connectivity index (χ1) is 10.4. The molecule has 0 aromatic heterocycles. The van der Waals surface area contributed by atoms with Gasteiger partial charge in [-0.25, -0.2) is 0 Å². The molecule has 1 heteroatoms. The third kappa shape index (κ3) is 4.78. The fourth-order valence-corrected chi connectivity index (χ4v) is 4.68. The van der Waals surface area contributed by atoms with Gasteiger partial charge in [0, 0.05) is 32.7 Å². The minimum atomic E-state index is 0. The van der Waals surface area contributed by atoms with Crippen molar-refractivity contribution in [2.45, 2.75) is 64.2 Å². The summed E-state index contributed by atoms with van der Waals surface area (Å²) >= 11 is 0. The van der Waals surface area contributed by atoms with E-state index in [-0.39, 0.29) is 32.7 Å². The standard InChI is InChI=1S/C21H29.Y/c1-2-6-17-9-11-19(12-10-17)21-15-13-20(14-16-21)18-7-4-3-5-8-18;/h2,4-8,17,19-21H,9-16H2,1H3;/q-1;/b6-2+;. The van der Waals surface area contributed by atoms with Crippen molar-refractivity contribution in [1.82, 2.24) is 0 Å². The molecule has 2 aliphatic carbocycles. The molecule has 3 rings (SSSR count). The zero-order chi connectivity index (χ0) is 14.5. The normalized spacial score (nSPS) is 32.6. The summed E-state index contributed by atoms with van der Waals surface area (Å²) < 4.78 is 0.